The summed E-state index contributed by atoms with van der Waals surface area (Å²) in [7, 11) is 0. The van der Waals surface area contributed by atoms with Crippen molar-refractivity contribution in [3.05, 3.63) is 46.8 Å². The molecule has 0 unspecified atom stereocenters. The van der Waals surface area contributed by atoms with E-state index >= 15 is 0 Å². The van der Waals surface area contributed by atoms with Crippen LogP contribution >= 0.6 is 11.3 Å². The zero-order valence-corrected chi connectivity index (χ0v) is 9.13. The van der Waals surface area contributed by atoms with Crippen LogP contribution in [0.15, 0.2) is 30.3 Å². The first-order chi connectivity index (χ1) is 8.06. The van der Waals surface area contributed by atoms with E-state index in [4.69, 9.17) is 9.84 Å². The van der Waals surface area contributed by atoms with Gasteiger partial charge in [0, 0.05) is 6.07 Å². The number of thiophene rings is 1. The van der Waals surface area contributed by atoms with Gasteiger partial charge in [-0.05, 0) is 24.3 Å². The number of hydrogen-bond donors (Lipinski definition) is 1. The van der Waals surface area contributed by atoms with Gasteiger partial charge in [-0.15, -0.1) is 0 Å². The molecule has 0 radical (unpaired) electrons. The SMILES string of the molecule is O=C(O)c1ccc(Oc2cc(F)ccc2F)s1. The van der Waals surface area contributed by atoms with E-state index in [2.05, 4.69) is 0 Å². The third-order valence-corrected chi connectivity index (χ3v) is 2.85. The Balaban J connectivity index is 2.25. The Morgan fingerprint density at radius 3 is 2.65 bits per heavy atom. The molecule has 0 amide bonds. The molecule has 2 rings (SSSR count). The van der Waals surface area contributed by atoms with Crippen molar-refractivity contribution >= 4 is 17.3 Å². The van der Waals surface area contributed by atoms with Crippen LogP contribution < -0.4 is 4.74 Å². The Labute approximate surface area is 98.9 Å². The van der Waals surface area contributed by atoms with Crippen molar-refractivity contribution in [1.29, 1.82) is 0 Å². The molecule has 0 spiro atoms. The molecular weight excluding hydrogens is 250 g/mol. The fraction of sp³-hybridized carbons (Fsp3) is 0. The van der Waals surface area contributed by atoms with Gasteiger partial charge in [0.2, 0.25) is 0 Å². The van der Waals surface area contributed by atoms with Gasteiger partial charge < -0.3 is 9.84 Å². The highest BCUT2D eigenvalue weighted by Gasteiger charge is 2.11. The zero-order valence-electron chi connectivity index (χ0n) is 8.31. The Morgan fingerprint density at radius 2 is 2.00 bits per heavy atom. The highest BCUT2D eigenvalue weighted by molar-refractivity contribution is 7.15. The molecule has 0 aliphatic rings. The minimum absolute atomic E-state index is 0.0665. The maximum absolute atomic E-state index is 13.2. The standard InChI is InChI=1S/C11H6F2O3S/c12-6-1-2-7(13)8(5-6)16-10-4-3-9(17-10)11(14)15/h1-5H,(H,14,15). The molecule has 0 saturated heterocycles. The maximum Gasteiger partial charge on any atom is 0.345 e. The Kier molecular flexibility index (Phi) is 3.06. The van der Waals surface area contributed by atoms with E-state index in [1.807, 2.05) is 0 Å². The number of rotatable bonds is 3. The summed E-state index contributed by atoms with van der Waals surface area (Å²) in [6.45, 7) is 0. The first kappa shape index (κ1) is 11.5. The van der Waals surface area contributed by atoms with Crippen LogP contribution in [-0.2, 0) is 0 Å². The summed E-state index contributed by atoms with van der Waals surface area (Å²) in [6, 6.07) is 5.53. The third-order valence-electron chi connectivity index (χ3n) is 1.90. The molecule has 0 aliphatic carbocycles. The van der Waals surface area contributed by atoms with E-state index in [1.54, 1.807) is 0 Å². The van der Waals surface area contributed by atoms with Crippen LogP contribution in [0.25, 0.3) is 0 Å². The number of hydrogen-bond acceptors (Lipinski definition) is 3. The predicted molar refractivity (Wildman–Crippen MR) is 57.7 cm³/mol. The topological polar surface area (TPSA) is 46.5 Å². The normalized spacial score (nSPS) is 10.2. The molecule has 0 saturated carbocycles. The largest absolute Gasteiger partial charge is 0.477 e. The molecule has 3 nitrogen and oxygen atoms in total. The van der Waals surface area contributed by atoms with Crippen LogP contribution in [0.2, 0.25) is 0 Å². The van der Waals surface area contributed by atoms with Crippen LogP contribution in [0.5, 0.6) is 10.8 Å². The molecule has 0 bridgehead atoms. The maximum atomic E-state index is 13.2. The number of aromatic carboxylic acids is 1. The second kappa shape index (κ2) is 4.50. The van der Waals surface area contributed by atoms with Crippen molar-refractivity contribution in [3.8, 4) is 10.8 Å². The van der Waals surface area contributed by atoms with Crippen LogP contribution in [0.3, 0.4) is 0 Å². The molecule has 88 valence electrons. The summed E-state index contributed by atoms with van der Waals surface area (Å²) >= 11 is 0.839. The molecule has 1 heterocycles. The summed E-state index contributed by atoms with van der Waals surface area (Å²) in [4.78, 5) is 10.7. The van der Waals surface area contributed by atoms with Gasteiger partial charge in [-0.25, -0.2) is 13.6 Å². The molecule has 1 N–H and O–H groups in total. The molecular formula is C11H6F2O3S. The van der Waals surface area contributed by atoms with Gasteiger partial charge in [0.05, 0.1) is 0 Å². The molecule has 6 heteroatoms. The molecule has 0 fully saturated rings. The first-order valence-corrected chi connectivity index (χ1v) is 5.34. The van der Waals surface area contributed by atoms with E-state index in [-0.39, 0.29) is 15.7 Å². The fourth-order valence-electron chi connectivity index (χ4n) is 1.15. The fourth-order valence-corrected chi connectivity index (χ4v) is 1.86. The minimum Gasteiger partial charge on any atom is -0.477 e. The number of halogens is 2. The van der Waals surface area contributed by atoms with Crippen LogP contribution in [0, 0.1) is 11.6 Å². The molecule has 1 aromatic heterocycles. The minimum atomic E-state index is -1.09. The highest BCUT2D eigenvalue weighted by Crippen LogP contribution is 2.31. The first-order valence-electron chi connectivity index (χ1n) is 4.52. The average Bonchev–Trinajstić information content (AvgIpc) is 2.72. The van der Waals surface area contributed by atoms with E-state index < -0.39 is 17.6 Å². The van der Waals surface area contributed by atoms with Gasteiger partial charge in [0.1, 0.15) is 10.7 Å². The average molecular weight is 256 g/mol. The lowest BCUT2D eigenvalue weighted by Crippen LogP contribution is -1.90. The smallest absolute Gasteiger partial charge is 0.345 e. The predicted octanol–water partition coefficient (Wildman–Crippen LogP) is 3.52. The third kappa shape index (κ3) is 2.59. The van der Waals surface area contributed by atoms with E-state index in [1.165, 1.54) is 12.1 Å². The summed E-state index contributed by atoms with van der Waals surface area (Å²) in [5.74, 6) is -2.71. The van der Waals surface area contributed by atoms with Gasteiger partial charge in [0.15, 0.2) is 16.6 Å². The van der Waals surface area contributed by atoms with Crippen LogP contribution in [-0.4, -0.2) is 11.1 Å². The molecule has 17 heavy (non-hydrogen) atoms. The summed E-state index contributed by atoms with van der Waals surface area (Å²) < 4.78 is 31.1. The van der Waals surface area contributed by atoms with Crippen molar-refractivity contribution < 1.29 is 23.4 Å². The van der Waals surface area contributed by atoms with Crippen LogP contribution in [0.4, 0.5) is 8.78 Å². The zero-order chi connectivity index (χ0) is 12.4. The van der Waals surface area contributed by atoms with Gasteiger partial charge in [-0.3, -0.25) is 0 Å². The van der Waals surface area contributed by atoms with E-state index in [0.29, 0.717) is 0 Å². The number of carbonyl (C=O) groups is 1. The quantitative estimate of drug-likeness (QED) is 0.913. The molecule has 2 aromatic rings. The van der Waals surface area contributed by atoms with Crippen molar-refractivity contribution in [2.75, 3.05) is 0 Å². The molecule has 0 aliphatic heterocycles. The second-order valence-corrected chi connectivity index (χ2v) is 4.15. The van der Waals surface area contributed by atoms with Gasteiger partial charge in [-0.1, -0.05) is 11.3 Å². The number of carboxylic acids is 1. The monoisotopic (exact) mass is 256 g/mol. The van der Waals surface area contributed by atoms with Crippen molar-refractivity contribution in [1.82, 2.24) is 0 Å². The van der Waals surface area contributed by atoms with Crippen LogP contribution in [0.1, 0.15) is 9.67 Å². The Hall–Kier alpha value is -1.95. The van der Waals surface area contributed by atoms with E-state index in [9.17, 15) is 13.6 Å². The van der Waals surface area contributed by atoms with Gasteiger partial charge >= 0.3 is 5.97 Å². The Bertz CT molecular complexity index is 566. The number of benzene rings is 1. The number of carboxylic acid groups (broad SMARTS) is 1. The van der Waals surface area contributed by atoms with Gasteiger partial charge in [-0.2, -0.15) is 0 Å². The highest BCUT2D eigenvalue weighted by atomic mass is 32.1. The van der Waals surface area contributed by atoms with E-state index in [0.717, 1.165) is 29.5 Å². The van der Waals surface area contributed by atoms with Crippen molar-refractivity contribution in [2.24, 2.45) is 0 Å². The Morgan fingerprint density at radius 1 is 1.24 bits per heavy atom. The number of ether oxygens (including phenoxy) is 1. The second-order valence-electron chi connectivity index (χ2n) is 3.10. The summed E-state index contributed by atoms with van der Waals surface area (Å²) in [5, 5.41) is 8.87. The summed E-state index contributed by atoms with van der Waals surface area (Å²) in [5.41, 5.74) is 0. The lowest BCUT2D eigenvalue weighted by molar-refractivity contribution is 0.0702. The van der Waals surface area contributed by atoms with Crippen molar-refractivity contribution in [3.63, 3.8) is 0 Å². The molecule has 0 atom stereocenters. The van der Waals surface area contributed by atoms with Crippen molar-refractivity contribution in [2.45, 2.75) is 0 Å². The lowest BCUT2D eigenvalue weighted by atomic mass is 10.3. The van der Waals surface area contributed by atoms with Gasteiger partial charge in [0.25, 0.3) is 0 Å². The lowest BCUT2D eigenvalue weighted by Gasteiger charge is -2.03. The molecule has 1 aromatic carbocycles. The summed E-state index contributed by atoms with van der Waals surface area (Å²) in [6.07, 6.45) is 0.